The summed E-state index contributed by atoms with van der Waals surface area (Å²) < 4.78 is 0. The van der Waals surface area contributed by atoms with Crippen LogP contribution in [0.2, 0.25) is 0 Å². The van der Waals surface area contributed by atoms with Crippen LogP contribution in [0, 0.1) is 0 Å². The number of nitrogens with zero attached hydrogens (tertiary/aromatic N) is 1. The lowest BCUT2D eigenvalue weighted by Gasteiger charge is -2.40. The lowest BCUT2D eigenvalue weighted by molar-refractivity contribution is 0.660. The molecule has 68 heavy (non-hydrogen) atoms. The fourth-order valence-corrected chi connectivity index (χ4v) is 15.8. The van der Waals surface area contributed by atoms with E-state index in [1.807, 2.05) is 23.5 Å². The van der Waals surface area contributed by atoms with Crippen LogP contribution in [0.5, 0.6) is 0 Å². The lowest BCUT2D eigenvalue weighted by atomic mass is 9.67. The Labute approximate surface area is 406 Å². The van der Waals surface area contributed by atoms with Crippen LogP contribution in [0.15, 0.2) is 244 Å². The van der Waals surface area contributed by atoms with Crippen molar-refractivity contribution < 1.29 is 0 Å². The molecule has 0 atom stereocenters. The maximum absolute atomic E-state index is 2.65. The van der Waals surface area contributed by atoms with Crippen LogP contribution in [0.4, 0.5) is 17.1 Å². The average molecular weight is 902 g/mol. The van der Waals surface area contributed by atoms with Gasteiger partial charge in [0.1, 0.15) is 0 Å². The first-order valence-corrected chi connectivity index (χ1v) is 25.4. The quantitative estimate of drug-likeness (QED) is 0.174. The third-order valence-electron chi connectivity index (χ3n) is 16.0. The average Bonchev–Trinajstić information content (AvgIpc) is 3.94. The number of hydrogen-bond acceptors (Lipinski definition) is 3. The van der Waals surface area contributed by atoms with Crippen molar-refractivity contribution >= 4 is 40.6 Å². The van der Waals surface area contributed by atoms with Crippen molar-refractivity contribution in [1.82, 2.24) is 0 Å². The molecule has 0 unspecified atom stereocenters. The minimum Gasteiger partial charge on any atom is -0.309 e. The number of fused-ring (bicyclic) bond motifs is 21. The third-order valence-corrected chi connectivity index (χ3v) is 18.3. The Hall–Kier alpha value is -7.30. The molecule has 0 radical (unpaired) electrons. The Balaban J connectivity index is 1.07. The number of benzene rings is 10. The SMILES string of the molecule is CC1(C)c2ccccc2-c2ccc(N(c3cccc4c3-c3ccccc3C43c4ccccc4Sc4ccccc43)c3cccc4c3-c3ccccc3C43c4ccccc4Sc4ccccc43)cc21. The first-order valence-electron chi connectivity index (χ1n) is 23.8. The Bertz CT molecular complexity index is 3530. The van der Waals surface area contributed by atoms with Crippen LogP contribution in [0.3, 0.4) is 0 Å². The molecule has 2 aliphatic heterocycles. The van der Waals surface area contributed by atoms with Gasteiger partial charge in [-0.2, -0.15) is 0 Å². The predicted molar refractivity (Wildman–Crippen MR) is 282 cm³/mol. The van der Waals surface area contributed by atoms with Gasteiger partial charge in [0.15, 0.2) is 0 Å². The molecule has 2 heterocycles. The van der Waals surface area contributed by atoms with Gasteiger partial charge >= 0.3 is 0 Å². The van der Waals surface area contributed by atoms with E-state index < -0.39 is 10.8 Å². The predicted octanol–water partition coefficient (Wildman–Crippen LogP) is 17.1. The first kappa shape index (κ1) is 38.8. The van der Waals surface area contributed by atoms with Gasteiger partial charge in [-0.05, 0) is 126 Å². The topological polar surface area (TPSA) is 3.24 Å². The smallest absolute Gasteiger partial charge is 0.0736 e. The van der Waals surface area contributed by atoms with Crippen LogP contribution in [0.25, 0.3) is 33.4 Å². The molecule has 0 aromatic heterocycles. The van der Waals surface area contributed by atoms with Gasteiger partial charge in [-0.25, -0.2) is 0 Å². The van der Waals surface area contributed by atoms with Crippen molar-refractivity contribution in [3.05, 3.63) is 280 Å². The van der Waals surface area contributed by atoms with Crippen LogP contribution >= 0.6 is 23.5 Å². The molecular weight excluding hydrogens is 859 g/mol. The van der Waals surface area contributed by atoms with Crippen molar-refractivity contribution in [1.29, 1.82) is 0 Å². The highest BCUT2D eigenvalue weighted by atomic mass is 32.2. The summed E-state index contributed by atoms with van der Waals surface area (Å²) in [5.41, 5.74) is 23.6. The summed E-state index contributed by atoms with van der Waals surface area (Å²) in [6.07, 6.45) is 0. The van der Waals surface area contributed by atoms with E-state index in [0.717, 1.165) is 5.69 Å². The molecule has 320 valence electrons. The largest absolute Gasteiger partial charge is 0.309 e. The molecular formula is C65H43NS2. The van der Waals surface area contributed by atoms with Crippen molar-refractivity contribution in [2.45, 2.75) is 49.7 Å². The molecule has 3 heteroatoms. The third kappa shape index (κ3) is 4.76. The molecule has 5 aliphatic rings. The molecule has 15 rings (SSSR count). The van der Waals surface area contributed by atoms with E-state index in [9.17, 15) is 0 Å². The standard InChI is InChI=1S/C65H43NS2/c1-63(2)45-22-6-3-19-41(45)42-38-37-40(39-54(42)63)66(55-31-17-29-52-61(55)43-20-4-7-23-46(43)64(52)48-25-9-13-33-57(48)67-58-34-14-10-26-49(58)64)56-32-18-30-53-62(56)44-21-5-8-24-47(44)65(53)50-27-11-15-35-59(50)68-60-36-16-12-28-51(60)65/h3-39H,1-2H3. The van der Waals surface area contributed by atoms with Crippen LogP contribution in [-0.4, -0.2) is 0 Å². The van der Waals surface area contributed by atoms with E-state index in [0.29, 0.717) is 0 Å². The molecule has 10 aromatic rings. The van der Waals surface area contributed by atoms with Gasteiger partial charge in [0.05, 0.1) is 22.2 Å². The van der Waals surface area contributed by atoms with Gasteiger partial charge in [-0.3, -0.25) is 0 Å². The zero-order valence-corrected chi connectivity index (χ0v) is 39.3. The highest BCUT2D eigenvalue weighted by molar-refractivity contribution is 7.99. The van der Waals surface area contributed by atoms with Gasteiger partial charge in [0, 0.05) is 41.8 Å². The van der Waals surface area contributed by atoms with E-state index in [4.69, 9.17) is 0 Å². The number of hydrogen-bond donors (Lipinski definition) is 0. The second kappa shape index (κ2) is 13.9. The number of anilines is 3. The van der Waals surface area contributed by atoms with E-state index >= 15 is 0 Å². The van der Waals surface area contributed by atoms with E-state index in [-0.39, 0.29) is 5.41 Å². The highest BCUT2D eigenvalue weighted by Crippen LogP contribution is 2.67. The molecule has 0 bridgehead atoms. The summed E-state index contributed by atoms with van der Waals surface area (Å²) in [5.74, 6) is 0. The van der Waals surface area contributed by atoms with Crippen molar-refractivity contribution in [3.63, 3.8) is 0 Å². The molecule has 2 spiro atoms. The van der Waals surface area contributed by atoms with E-state index in [1.54, 1.807) is 0 Å². The summed E-state index contributed by atoms with van der Waals surface area (Å²) in [5, 5.41) is 0. The molecule has 0 fully saturated rings. The van der Waals surface area contributed by atoms with E-state index in [2.05, 4.69) is 243 Å². The summed E-state index contributed by atoms with van der Waals surface area (Å²) in [4.78, 5) is 7.89. The highest BCUT2D eigenvalue weighted by Gasteiger charge is 2.53. The normalized spacial score (nSPS) is 15.7. The second-order valence-corrected chi connectivity index (χ2v) is 21.6. The van der Waals surface area contributed by atoms with Gasteiger partial charge in [-0.1, -0.05) is 213 Å². The van der Waals surface area contributed by atoms with Gasteiger partial charge in [0.25, 0.3) is 0 Å². The minimum absolute atomic E-state index is 0.182. The maximum atomic E-state index is 2.65. The summed E-state index contributed by atoms with van der Waals surface area (Å²) >= 11 is 3.80. The molecule has 10 aromatic carbocycles. The van der Waals surface area contributed by atoms with Crippen LogP contribution in [-0.2, 0) is 16.2 Å². The molecule has 0 saturated carbocycles. The molecule has 0 N–H and O–H groups in total. The zero-order valence-electron chi connectivity index (χ0n) is 37.6. The molecule has 0 amide bonds. The Morgan fingerprint density at radius 2 is 0.647 bits per heavy atom. The first-order chi connectivity index (χ1) is 33.5. The van der Waals surface area contributed by atoms with E-state index in [1.165, 1.54) is 120 Å². The van der Waals surface area contributed by atoms with Gasteiger partial charge in [-0.15, -0.1) is 0 Å². The van der Waals surface area contributed by atoms with Crippen molar-refractivity contribution in [3.8, 4) is 33.4 Å². The molecule has 3 aliphatic carbocycles. The van der Waals surface area contributed by atoms with Crippen LogP contribution in [0.1, 0.15) is 69.5 Å². The summed E-state index contributed by atoms with van der Waals surface area (Å²) in [7, 11) is 0. The van der Waals surface area contributed by atoms with Gasteiger partial charge in [0.2, 0.25) is 0 Å². The zero-order chi connectivity index (χ0) is 44.9. The maximum Gasteiger partial charge on any atom is 0.0736 e. The van der Waals surface area contributed by atoms with Crippen molar-refractivity contribution in [2.75, 3.05) is 4.90 Å². The Morgan fingerprint density at radius 1 is 0.294 bits per heavy atom. The second-order valence-electron chi connectivity index (χ2n) is 19.4. The molecule has 0 saturated heterocycles. The Morgan fingerprint density at radius 3 is 1.10 bits per heavy atom. The van der Waals surface area contributed by atoms with Crippen LogP contribution < -0.4 is 4.90 Å². The summed E-state index contributed by atoms with van der Waals surface area (Å²) in [6, 6.07) is 85.7. The fraction of sp³-hybridized carbons (Fsp3) is 0.0769. The lowest BCUT2D eigenvalue weighted by Crippen LogP contribution is -2.32. The van der Waals surface area contributed by atoms with Gasteiger partial charge < -0.3 is 4.90 Å². The number of rotatable bonds is 3. The Kier molecular flexibility index (Phi) is 7.92. The molecule has 1 nitrogen and oxygen atoms in total. The monoisotopic (exact) mass is 901 g/mol. The summed E-state index contributed by atoms with van der Waals surface area (Å²) in [6.45, 7) is 4.80. The minimum atomic E-state index is -0.504. The van der Waals surface area contributed by atoms with Crippen molar-refractivity contribution in [2.24, 2.45) is 0 Å². The fourth-order valence-electron chi connectivity index (χ4n) is 13.4.